The molecule has 5 heteroatoms. The van der Waals surface area contributed by atoms with Crippen molar-refractivity contribution in [3.8, 4) is 6.07 Å². The summed E-state index contributed by atoms with van der Waals surface area (Å²) in [6.45, 7) is 0.933. The number of benzene rings is 2. The van der Waals surface area contributed by atoms with Crippen LogP contribution in [-0.2, 0) is 19.3 Å². The van der Waals surface area contributed by atoms with Crippen LogP contribution in [0.15, 0.2) is 48.5 Å². The van der Waals surface area contributed by atoms with Gasteiger partial charge < -0.3 is 5.32 Å². The Kier molecular flexibility index (Phi) is 4.61. The average molecular weight is 290 g/mol. The van der Waals surface area contributed by atoms with Crippen LogP contribution in [-0.4, -0.2) is 0 Å². The maximum Gasteiger partial charge on any atom is 0.416 e. The molecule has 1 N–H and O–H groups in total. The first-order valence-corrected chi connectivity index (χ1v) is 6.35. The van der Waals surface area contributed by atoms with E-state index in [2.05, 4.69) is 11.4 Å². The summed E-state index contributed by atoms with van der Waals surface area (Å²) >= 11 is 0. The molecule has 0 amide bonds. The molecule has 0 heterocycles. The first-order valence-electron chi connectivity index (χ1n) is 6.35. The van der Waals surface area contributed by atoms with Gasteiger partial charge in [0.25, 0.3) is 0 Å². The first kappa shape index (κ1) is 15.1. The van der Waals surface area contributed by atoms with Crippen LogP contribution in [0.25, 0.3) is 0 Å². The second kappa shape index (κ2) is 6.42. The molecule has 21 heavy (non-hydrogen) atoms. The molecule has 108 valence electrons. The van der Waals surface area contributed by atoms with Crippen molar-refractivity contribution in [3.63, 3.8) is 0 Å². The van der Waals surface area contributed by atoms with Gasteiger partial charge in [-0.25, -0.2) is 0 Å². The lowest BCUT2D eigenvalue weighted by atomic mass is 10.1. The fourth-order valence-corrected chi connectivity index (χ4v) is 1.94. The Morgan fingerprint density at radius 1 is 0.952 bits per heavy atom. The number of halogens is 3. The van der Waals surface area contributed by atoms with Crippen molar-refractivity contribution in [2.24, 2.45) is 0 Å². The molecule has 2 aromatic rings. The number of hydrogen-bond acceptors (Lipinski definition) is 2. The summed E-state index contributed by atoms with van der Waals surface area (Å²) in [5, 5.41) is 12.1. The van der Waals surface area contributed by atoms with Crippen LogP contribution >= 0.6 is 0 Å². The lowest BCUT2D eigenvalue weighted by Gasteiger charge is -2.09. The Morgan fingerprint density at radius 2 is 1.62 bits per heavy atom. The van der Waals surface area contributed by atoms with Gasteiger partial charge in [-0.2, -0.15) is 18.4 Å². The zero-order valence-corrected chi connectivity index (χ0v) is 11.1. The normalized spacial score (nSPS) is 11.1. The van der Waals surface area contributed by atoms with Gasteiger partial charge in [0, 0.05) is 13.1 Å². The predicted octanol–water partition coefficient (Wildman–Crippen LogP) is 3.87. The fourth-order valence-electron chi connectivity index (χ4n) is 1.94. The molecule has 0 saturated heterocycles. The minimum atomic E-state index is -4.31. The molecule has 0 bridgehead atoms. The third-order valence-electron chi connectivity index (χ3n) is 3.06. The molecule has 0 aromatic heterocycles. The van der Waals surface area contributed by atoms with E-state index in [1.54, 1.807) is 12.1 Å². The van der Waals surface area contributed by atoms with Crippen LogP contribution in [0.4, 0.5) is 13.2 Å². The van der Waals surface area contributed by atoms with Gasteiger partial charge in [-0.1, -0.05) is 30.3 Å². The second-order valence-electron chi connectivity index (χ2n) is 4.57. The summed E-state index contributed by atoms with van der Waals surface area (Å²) in [4.78, 5) is 0. The fraction of sp³-hybridized carbons (Fsp3) is 0.188. The van der Waals surface area contributed by atoms with E-state index >= 15 is 0 Å². The lowest BCUT2D eigenvalue weighted by Crippen LogP contribution is -2.14. The van der Waals surface area contributed by atoms with Crippen LogP contribution in [0.3, 0.4) is 0 Å². The summed E-state index contributed by atoms with van der Waals surface area (Å²) in [7, 11) is 0. The van der Waals surface area contributed by atoms with Crippen molar-refractivity contribution in [2.75, 3.05) is 0 Å². The van der Waals surface area contributed by atoms with Gasteiger partial charge >= 0.3 is 6.18 Å². The maximum atomic E-state index is 12.4. The topological polar surface area (TPSA) is 35.8 Å². The molecule has 0 radical (unpaired) electrons. The van der Waals surface area contributed by atoms with Gasteiger partial charge in [0.15, 0.2) is 0 Å². The van der Waals surface area contributed by atoms with Crippen LogP contribution in [0.2, 0.25) is 0 Å². The Bertz CT molecular complexity index is 640. The van der Waals surface area contributed by atoms with E-state index in [1.807, 2.05) is 12.1 Å². The molecule has 2 nitrogen and oxygen atoms in total. The summed E-state index contributed by atoms with van der Waals surface area (Å²) in [6.07, 6.45) is -4.31. The van der Waals surface area contributed by atoms with Crippen molar-refractivity contribution in [2.45, 2.75) is 19.3 Å². The molecule has 0 saturated carbocycles. The molecular formula is C16H13F3N2. The largest absolute Gasteiger partial charge is 0.416 e. The van der Waals surface area contributed by atoms with E-state index in [1.165, 1.54) is 12.1 Å². The number of rotatable bonds is 4. The van der Waals surface area contributed by atoms with Crippen LogP contribution in [0.1, 0.15) is 22.3 Å². The van der Waals surface area contributed by atoms with Crippen molar-refractivity contribution < 1.29 is 13.2 Å². The van der Waals surface area contributed by atoms with E-state index < -0.39 is 11.7 Å². The zero-order chi connectivity index (χ0) is 15.3. The van der Waals surface area contributed by atoms with E-state index in [0.717, 1.165) is 23.3 Å². The molecule has 0 aliphatic heterocycles. The van der Waals surface area contributed by atoms with Crippen LogP contribution < -0.4 is 5.32 Å². The standard InChI is InChI=1S/C16H13F3N2/c17-16(18,19)15-7-5-12(6-8-15)10-21-11-14-4-2-1-3-13(14)9-20/h1-8,21H,10-11H2. The summed E-state index contributed by atoms with van der Waals surface area (Å²) < 4.78 is 37.3. The van der Waals surface area contributed by atoms with E-state index in [4.69, 9.17) is 5.26 Å². The zero-order valence-electron chi connectivity index (χ0n) is 11.1. The average Bonchev–Trinajstić information content (AvgIpc) is 2.47. The number of nitrogens with zero attached hydrogens (tertiary/aromatic N) is 1. The van der Waals surface area contributed by atoms with Gasteiger partial charge in [-0.05, 0) is 29.3 Å². The minimum absolute atomic E-state index is 0.442. The van der Waals surface area contributed by atoms with E-state index in [0.29, 0.717) is 18.7 Å². The van der Waals surface area contributed by atoms with Crippen molar-refractivity contribution in [1.29, 1.82) is 5.26 Å². The SMILES string of the molecule is N#Cc1ccccc1CNCc1ccc(C(F)(F)F)cc1. The highest BCUT2D eigenvalue weighted by Crippen LogP contribution is 2.29. The summed E-state index contributed by atoms with van der Waals surface area (Å²) in [6, 6.07) is 14.4. The number of alkyl halides is 3. The van der Waals surface area contributed by atoms with Gasteiger partial charge in [-0.15, -0.1) is 0 Å². The quantitative estimate of drug-likeness (QED) is 0.928. The van der Waals surface area contributed by atoms with Crippen molar-refractivity contribution >= 4 is 0 Å². The third kappa shape index (κ3) is 4.07. The number of hydrogen-bond donors (Lipinski definition) is 1. The van der Waals surface area contributed by atoms with Crippen LogP contribution in [0, 0.1) is 11.3 Å². The molecule has 0 fully saturated rings. The molecule has 2 rings (SSSR count). The smallest absolute Gasteiger partial charge is 0.309 e. The minimum Gasteiger partial charge on any atom is -0.309 e. The van der Waals surface area contributed by atoms with Gasteiger partial charge in [0.2, 0.25) is 0 Å². The maximum absolute atomic E-state index is 12.4. The molecule has 0 aliphatic carbocycles. The monoisotopic (exact) mass is 290 g/mol. The Morgan fingerprint density at radius 3 is 2.24 bits per heavy atom. The Hall–Kier alpha value is -2.32. The van der Waals surface area contributed by atoms with Crippen LogP contribution in [0.5, 0.6) is 0 Å². The summed E-state index contributed by atoms with van der Waals surface area (Å²) in [5.41, 5.74) is 1.57. The van der Waals surface area contributed by atoms with Crippen molar-refractivity contribution in [3.05, 3.63) is 70.8 Å². The van der Waals surface area contributed by atoms with Gasteiger partial charge in [0.05, 0.1) is 17.2 Å². The Labute approximate surface area is 120 Å². The summed E-state index contributed by atoms with van der Waals surface area (Å²) in [5.74, 6) is 0. The predicted molar refractivity (Wildman–Crippen MR) is 73.1 cm³/mol. The van der Waals surface area contributed by atoms with Crippen molar-refractivity contribution in [1.82, 2.24) is 5.32 Å². The van der Waals surface area contributed by atoms with E-state index in [9.17, 15) is 13.2 Å². The van der Waals surface area contributed by atoms with Gasteiger partial charge in [-0.3, -0.25) is 0 Å². The second-order valence-corrected chi connectivity index (χ2v) is 4.57. The molecule has 0 spiro atoms. The lowest BCUT2D eigenvalue weighted by molar-refractivity contribution is -0.137. The molecule has 0 aliphatic rings. The molecule has 0 atom stereocenters. The molecular weight excluding hydrogens is 277 g/mol. The highest BCUT2D eigenvalue weighted by atomic mass is 19.4. The number of nitrogens with one attached hydrogen (secondary N) is 1. The molecule has 0 unspecified atom stereocenters. The Balaban J connectivity index is 1.94. The van der Waals surface area contributed by atoms with E-state index in [-0.39, 0.29) is 0 Å². The third-order valence-corrected chi connectivity index (χ3v) is 3.06. The molecule has 2 aromatic carbocycles. The number of nitriles is 1. The highest BCUT2D eigenvalue weighted by Gasteiger charge is 2.29. The van der Waals surface area contributed by atoms with Gasteiger partial charge in [0.1, 0.15) is 0 Å². The highest BCUT2D eigenvalue weighted by molar-refractivity contribution is 5.37. The first-order chi connectivity index (χ1) is 10.0.